The molecule has 1 aliphatic carbocycles. The first kappa shape index (κ1) is 30.8. The molecule has 1 heterocycles. The van der Waals surface area contributed by atoms with Crippen molar-refractivity contribution in [2.75, 3.05) is 13.2 Å². The molecular weight excluding hydrogens is 540 g/mol. The Hall–Kier alpha value is -4.12. The Morgan fingerprint density at radius 3 is 2.60 bits per heavy atom. The molecule has 4 rings (SSSR count). The third-order valence-corrected chi connectivity index (χ3v) is 6.77. The summed E-state index contributed by atoms with van der Waals surface area (Å²) in [7, 11) is 0. The smallest absolute Gasteiger partial charge is 0.306 e. The highest BCUT2D eigenvalue weighted by atomic mass is 16.6. The fourth-order valence-electron chi connectivity index (χ4n) is 4.58. The van der Waals surface area contributed by atoms with Crippen LogP contribution in [0.4, 0.5) is 0 Å². The van der Waals surface area contributed by atoms with Crippen LogP contribution in [0.5, 0.6) is 5.75 Å². The first-order valence-corrected chi connectivity index (χ1v) is 14.1. The predicted molar refractivity (Wildman–Crippen MR) is 155 cm³/mol. The summed E-state index contributed by atoms with van der Waals surface area (Å²) in [5.41, 5.74) is 14.5. The Kier molecular flexibility index (Phi) is 10.1. The van der Waals surface area contributed by atoms with Crippen molar-refractivity contribution < 1.29 is 28.9 Å². The molecule has 1 saturated carbocycles. The van der Waals surface area contributed by atoms with E-state index in [0.29, 0.717) is 35.5 Å². The van der Waals surface area contributed by atoms with Crippen LogP contribution in [0.25, 0.3) is 10.4 Å². The van der Waals surface area contributed by atoms with Crippen molar-refractivity contribution in [1.29, 1.82) is 0 Å². The van der Waals surface area contributed by atoms with Crippen LogP contribution in [-0.2, 0) is 25.6 Å². The highest BCUT2D eigenvalue weighted by Crippen LogP contribution is 2.44. The van der Waals surface area contributed by atoms with E-state index in [2.05, 4.69) is 20.9 Å². The lowest BCUT2D eigenvalue weighted by atomic mass is 9.82. The van der Waals surface area contributed by atoms with Crippen molar-refractivity contribution in [3.63, 3.8) is 0 Å². The highest BCUT2D eigenvalue weighted by Gasteiger charge is 2.54. The number of amides is 1. The maximum absolute atomic E-state index is 14.0. The number of aliphatic hydroxyl groups excluding tert-OH is 1. The van der Waals surface area contributed by atoms with Crippen molar-refractivity contribution >= 4 is 17.8 Å². The third-order valence-electron chi connectivity index (χ3n) is 6.77. The van der Waals surface area contributed by atoms with Crippen LogP contribution in [0.15, 0.2) is 58.6 Å². The molecule has 3 N–H and O–H groups in total. The number of hydrogen-bond acceptors (Lipinski definition) is 9. The van der Waals surface area contributed by atoms with E-state index in [-0.39, 0.29) is 37.9 Å². The number of rotatable bonds is 14. The molecule has 42 heavy (non-hydrogen) atoms. The summed E-state index contributed by atoms with van der Waals surface area (Å²) in [6.07, 6.45) is 1.40. The fourth-order valence-corrected chi connectivity index (χ4v) is 4.58. The number of benzene rings is 2. The number of nitrogens with one attached hydrogen (secondary N) is 2. The van der Waals surface area contributed by atoms with Gasteiger partial charge in [0.25, 0.3) is 5.91 Å². The van der Waals surface area contributed by atoms with Crippen molar-refractivity contribution in [1.82, 2.24) is 10.9 Å². The van der Waals surface area contributed by atoms with Crippen LogP contribution in [0.2, 0.25) is 0 Å². The minimum absolute atomic E-state index is 0.00642. The summed E-state index contributed by atoms with van der Waals surface area (Å²) in [4.78, 5) is 34.7. The number of carbonyl (C=O) groups is 2. The zero-order valence-corrected chi connectivity index (χ0v) is 24.2. The van der Waals surface area contributed by atoms with Gasteiger partial charge < -0.3 is 19.3 Å². The van der Waals surface area contributed by atoms with Crippen molar-refractivity contribution in [2.24, 2.45) is 10.1 Å². The molecule has 1 aliphatic heterocycles. The van der Waals surface area contributed by atoms with Crippen molar-refractivity contribution in [2.45, 2.75) is 82.7 Å². The van der Waals surface area contributed by atoms with Gasteiger partial charge in [-0.3, -0.25) is 15.0 Å². The van der Waals surface area contributed by atoms with Gasteiger partial charge in [0.15, 0.2) is 11.6 Å². The van der Waals surface area contributed by atoms with Gasteiger partial charge in [-0.25, -0.2) is 10.4 Å². The molecule has 0 radical (unpaired) electrons. The minimum atomic E-state index is -1.54. The molecule has 224 valence electrons. The quantitative estimate of drug-likeness (QED) is 0.0745. The van der Waals surface area contributed by atoms with E-state index < -0.39 is 29.1 Å². The maximum atomic E-state index is 14.0. The molecule has 0 saturated heterocycles. The molecule has 2 atom stereocenters. The summed E-state index contributed by atoms with van der Waals surface area (Å²) < 4.78 is 17.7. The molecule has 1 fully saturated rings. The number of esters is 1. The van der Waals surface area contributed by atoms with Crippen LogP contribution >= 0.6 is 0 Å². The molecule has 1 amide bonds. The van der Waals surface area contributed by atoms with E-state index >= 15 is 0 Å². The van der Waals surface area contributed by atoms with Gasteiger partial charge in [-0.15, -0.1) is 0 Å². The van der Waals surface area contributed by atoms with Crippen LogP contribution < -0.4 is 15.6 Å². The van der Waals surface area contributed by atoms with E-state index in [0.717, 1.165) is 12.8 Å². The van der Waals surface area contributed by atoms with Crippen LogP contribution in [-0.4, -0.2) is 53.3 Å². The molecule has 0 spiro atoms. The normalized spacial score (nSPS) is 19.7. The summed E-state index contributed by atoms with van der Waals surface area (Å²) in [5, 5.41) is 12.8. The molecule has 0 unspecified atom stereocenters. The summed E-state index contributed by atoms with van der Waals surface area (Å²) in [6.45, 7) is 5.81. The van der Waals surface area contributed by atoms with E-state index in [1.165, 1.54) is 0 Å². The van der Waals surface area contributed by atoms with E-state index in [1.807, 2.05) is 24.3 Å². The number of aliphatic imine (C=N–C) groups is 1. The molecule has 12 heteroatoms. The van der Waals surface area contributed by atoms with Gasteiger partial charge in [0.1, 0.15) is 11.4 Å². The van der Waals surface area contributed by atoms with Crippen molar-refractivity contribution in [3.05, 3.63) is 75.7 Å². The fraction of sp³-hybridized carbons (Fsp3) is 0.500. The standard InChI is InChI=1S/C30H38N6O6/c1-29(2,3)42-25(38)15-16-30(28(39)35-34-22-11-12-22)26(24-8-5-4-7-21(24)19-32-36-31)41-27(33-30)20-9-13-23(14-10-20)40-18-6-17-37/h4-5,7-10,13-14,22,26,34,37H,6,11-12,15-19H2,1-3H3,(H,35,39)/t26-,30-/m0/s1. The van der Waals surface area contributed by atoms with Crippen LogP contribution in [0.3, 0.4) is 0 Å². The number of hydrazine groups is 1. The van der Waals surface area contributed by atoms with Gasteiger partial charge in [0.05, 0.1) is 13.2 Å². The van der Waals surface area contributed by atoms with E-state index in [4.69, 9.17) is 29.8 Å². The Labute approximate surface area is 245 Å². The summed E-state index contributed by atoms with van der Waals surface area (Å²) in [5.74, 6) is -0.0599. The Balaban J connectivity index is 1.74. The number of nitrogens with zero attached hydrogens (tertiary/aromatic N) is 4. The second kappa shape index (κ2) is 13.7. The molecule has 0 bridgehead atoms. The second-order valence-corrected chi connectivity index (χ2v) is 11.3. The predicted octanol–water partition coefficient (Wildman–Crippen LogP) is 4.42. The Morgan fingerprint density at radius 1 is 1.19 bits per heavy atom. The first-order valence-electron chi connectivity index (χ1n) is 14.1. The van der Waals surface area contributed by atoms with Gasteiger partial charge in [-0.2, -0.15) is 0 Å². The second-order valence-electron chi connectivity index (χ2n) is 11.3. The Bertz CT molecular complexity index is 1330. The molecule has 0 aromatic heterocycles. The van der Waals surface area contributed by atoms with Gasteiger partial charge in [-0.1, -0.05) is 29.4 Å². The van der Waals surface area contributed by atoms with Gasteiger partial charge in [0.2, 0.25) is 5.90 Å². The van der Waals surface area contributed by atoms with Gasteiger partial charge >= 0.3 is 5.97 Å². The first-order chi connectivity index (χ1) is 20.1. The summed E-state index contributed by atoms with van der Waals surface area (Å²) in [6, 6.07) is 14.5. The number of azide groups is 1. The highest BCUT2D eigenvalue weighted by molar-refractivity contribution is 6.01. The minimum Gasteiger partial charge on any atom is -0.494 e. The lowest BCUT2D eigenvalue weighted by molar-refractivity contribution is -0.155. The average Bonchev–Trinajstić information content (AvgIpc) is 3.72. The molecule has 2 aromatic carbocycles. The maximum Gasteiger partial charge on any atom is 0.306 e. The lowest BCUT2D eigenvalue weighted by Crippen LogP contribution is -2.53. The van der Waals surface area contributed by atoms with E-state index in [9.17, 15) is 9.59 Å². The zero-order chi connectivity index (χ0) is 30.2. The van der Waals surface area contributed by atoms with Gasteiger partial charge in [-0.05, 0) is 81.0 Å². The molecule has 12 nitrogen and oxygen atoms in total. The average molecular weight is 579 g/mol. The number of hydrogen-bond donors (Lipinski definition) is 3. The largest absolute Gasteiger partial charge is 0.494 e. The summed E-state index contributed by atoms with van der Waals surface area (Å²) >= 11 is 0. The monoisotopic (exact) mass is 578 g/mol. The topological polar surface area (TPSA) is 167 Å². The van der Waals surface area contributed by atoms with E-state index in [1.54, 1.807) is 45.0 Å². The zero-order valence-electron chi connectivity index (χ0n) is 24.2. The molecule has 2 aliphatic rings. The SMILES string of the molecule is CC(C)(C)OC(=O)CC[C@]1(C(=O)NNC2CC2)N=C(c2ccc(OCCCO)cc2)O[C@H]1c1ccccc1CN=[N+]=[N-]. The number of aliphatic hydroxyl groups is 1. The van der Waals surface area contributed by atoms with Crippen LogP contribution in [0.1, 0.15) is 75.7 Å². The van der Waals surface area contributed by atoms with Crippen molar-refractivity contribution in [3.8, 4) is 5.75 Å². The third kappa shape index (κ3) is 8.00. The number of ether oxygens (including phenoxy) is 3. The number of carbonyl (C=O) groups excluding carboxylic acids is 2. The van der Waals surface area contributed by atoms with Gasteiger partial charge in [0, 0.05) is 36.0 Å². The molecule has 2 aromatic rings. The Morgan fingerprint density at radius 2 is 1.93 bits per heavy atom. The van der Waals surface area contributed by atoms with Crippen LogP contribution in [0, 0.1) is 0 Å². The lowest BCUT2D eigenvalue weighted by Gasteiger charge is -2.31. The molecular formula is C30H38N6O6.